The summed E-state index contributed by atoms with van der Waals surface area (Å²) in [5, 5.41) is 13.6. The average molecular weight is 232 g/mol. The van der Waals surface area contributed by atoms with Gasteiger partial charge in [-0.15, -0.1) is 0 Å². The molecular formula is C9H16N2O3S. The Morgan fingerprint density at radius 1 is 1.40 bits per heavy atom. The molecule has 0 atom stereocenters. The molecule has 0 fully saturated rings. The van der Waals surface area contributed by atoms with Crippen LogP contribution >= 0.6 is 11.8 Å². The topological polar surface area (TPSA) is 78.4 Å². The second-order valence-corrected chi connectivity index (χ2v) is 3.69. The van der Waals surface area contributed by atoms with Crippen LogP contribution in [0.3, 0.4) is 0 Å². The van der Waals surface area contributed by atoms with Crippen molar-refractivity contribution in [1.82, 2.24) is 10.6 Å². The molecule has 0 heterocycles. The van der Waals surface area contributed by atoms with Gasteiger partial charge in [0, 0.05) is 18.8 Å². The number of amides is 2. The van der Waals surface area contributed by atoms with Gasteiger partial charge in [0.15, 0.2) is 0 Å². The molecule has 0 saturated heterocycles. The normalized spacial score (nSPS) is 10.2. The molecule has 0 saturated carbocycles. The Morgan fingerprint density at radius 3 is 2.87 bits per heavy atom. The number of carbonyl (C=O) groups is 2. The van der Waals surface area contributed by atoms with Crippen LogP contribution in [-0.2, 0) is 9.59 Å². The highest BCUT2D eigenvalue weighted by Crippen LogP contribution is 1.96. The minimum absolute atomic E-state index is 0.0119. The van der Waals surface area contributed by atoms with E-state index in [2.05, 4.69) is 10.6 Å². The molecule has 0 radical (unpaired) electrons. The summed E-state index contributed by atoms with van der Waals surface area (Å²) >= 11 is 1.46. The third kappa shape index (κ3) is 10.9. The van der Waals surface area contributed by atoms with Crippen LogP contribution in [0.2, 0.25) is 0 Å². The second-order valence-electron chi connectivity index (χ2n) is 2.58. The Hall–Kier alpha value is -1.01. The van der Waals surface area contributed by atoms with Crippen LogP contribution in [-0.4, -0.2) is 48.6 Å². The van der Waals surface area contributed by atoms with Crippen molar-refractivity contribution in [1.29, 1.82) is 0 Å². The summed E-state index contributed by atoms with van der Waals surface area (Å²) in [6.45, 7) is 1.00. The largest absolute Gasteiger partial charge is 0.392 e. The second kappa shape index (κ2) is 11.1. The van der Waals surface area contributed by atoms with Crippen LogP contribution in [0.15, 0.2) is 12.2 Å². The number of aliphatic hydroxyl groups excluding tert-OH is 1. The van der Waals surface area contributed by atoms with Gasteiger partial charge in [-0.05, 0) is 0 Å². The molecule has 0 spiro atoms. The van der Waals surface area contributed by atoms with Gasteiger partial charge in [-0.2, -0.15) is 11.8 Å². The zero-order chi connectivity index (χ0) is 11.4. The van der Waals surface area contributed by atoms with Crippen molar-refractivity contribution >= 4 is 24.1 Å². The van der Waals surface area contributed by atoms with Crippen molar-refractivity contribution in [2.75, 3.05) is 31.2 Å². The van der Waals surface area contributed by atoms with Crippen molar-refractivity contribution in [3.63, 3.8) is 0 Å². The van der Waals surface area contributed by atoms with Gasteiger partial charge in [0.25, 0.3) is 0 Å². The quantitative estimate of drug-likeness (QED) is 0.274. The third-order valence-corrected chi connectivity index (χ3v) is 2.36. The Morgan fingerprint density at radius 2 is 2.20 bits per heavy atom. The zero-order valence-corrected chi connectivity index (χ0v) is 9.26. The Balaban J connectivity index is 3.25. The van der Waals surface area contributed by atoms with Gasteiger partial charge in [0.05, 0.1) is 12.4 Å². The lowest BCUT2D eigenvalue weighted by atomic mass is 10.5. The van der Waals surface area contributed by atoms with Crippen LogP contribution in [0.4, 0.5) is 0 Å². The van der Waals surface area contributed by atoms with Gasteiger partial charge >= 0.3 is 0 Å². The molecule has 0 rings (SSSR count). The summed E-state index contributed by atoms with van der Waals surface area (Å²) in [5.41, 5.74) is 0. The SMILES string of the molecule is O=CNCCSCC(=O)NC/C=C\CO. The minimum Gasteiger partial charge on any atom is -0.392 e. The molecule has 86 valence electrons. The van der Waals surface area contributed by atoms with Crippen LogP contribution in [0.25, 0.3) is 0 Å². The lowest BCUT2D eigenvalue weighted by molar-refractivity contribution is -0.118. The standard InChI is InChI=1S/C9H16N2O3S/c12-5-2-1-3-11-9(14)7-15-6-4-10-8-13/h1-2,8,12H,3-7H2,(H,10,13)(H,11,14)/b2-1-. The van der Waals surface area contributed by atoms with Gasteiger partial charge in [0.1, 0.15) is 0 Å². The van der Waals surface area contributed by atoms with Crippen molar-refractivity contribution in [2.45, 2.75) is 0 Å². The van der Waals surface area contributed by atoms with Gasteiger partial charge < -0.3 is 15.7 Å². The van der Waals surface area contributed by atoms with Crippen LogP contribution in [0.5, 0.6) is 0 Å². The van der Waals surface area contributed by atoms with E-state index in [1.165, 1.54) is 11.8 Å². The first-order chi connectivity index (χ1) is 7.31. The van der Waals surface area contributed by atoms with Crippen molar-refractivity contribution in [3.05, 3.63) is 12.2 Å². The summed E-state index contributed by atoms with van der Waals surface area (Å²) in [7, 11) is 0. The smallest absolute Gasteiger partial charge is 0.230 e. The van der Waals surface area contributed by atoms with E-state index in [-0.39, 0.29) is 12.5 Å². The monoisotopic (exact) mass is 232 g/mol. The predicted molar refractivity (Wildman–Crippen MR) is 60.6 cm³/mol. The molecule has 3 N–H and O–H groups in total. The molecule has 0 unspecified atom stereocenters. The number of carbonyl (C=O) groups excluding carboxylic acids is 2. The van der Waals surface area contributed by atoms with Gasteiger partial charge in [-0.1, -0.05) is 12.2 Å². The average Bonchev–Trinajstić information content (AvgIpc) is 2.24. The van der Waals surface area contributed by atoms with E-state index in [4.69, 9.17) is 5.11 Å². The van der Waals surface area contributed by atoms with E-state index >= 15 is 0 Å². The Bertz CT molecular complexity index is 210. The first kappa shape index (κ1) is 14.0. The molecule has 2 amide bonds. The number of hydrogen-bond donors (Lipinski definition) is 3. The van der Waals surface area contributed by atoms with Crippen LogP contribution < -0.4 is 10.6 Å². The summed E-state index contributed by atoms with van der Waals surface area (Å²) in [6, 6.07) is 0. The molecule has 0 aromatic heterocycles. The Kier molecular flexibility index (Phi) is 10.3. The van der Waals surface area contributed by atoms with Gasteiger partial charge in [-0.25, -0.2) is 0 Å². The van der Waals surface area contributed by atoms with E-state index in [0.29, 0.717) is 25.3 Å². The molecular weight excluding hydrogens is 216 g/mol. The molecule has 6 heteroatoms. The molecule has 15 heavy (non-hydrogen) atoms. The maximum atomic E-state index is 11.1. The molecule has 0 bridgehead atoms. The summed E-state index contributed by atoms with van der Waals surface area (Å²) in [4.78, 5) is 21.0. The zero-order valence-electron chi connectivity index (χ0n) is 8.44. The fraction of sp³-hybridized carbons (Fsp3) is 0.556. The number of rotatable bonds is 9. The Labute approximate surface area is 93.3 Å². The lowest BCUT2D eigenvalue weighted by Gasteiger charge is -2.01. The van der Waals surface area contributed by atoms with Crippen molar-refractivity contribution < 1.29 is 14.7 Å². The van der Waals surface area contributed by atoms with E-state index in [0.717, 1.165) is 5.75 Å². The highest BCUT2D eigenvalue weighted by Gasteiger charge is 1.98. The highest BCUT2D eigenvalue weighted by molar-refractivity contribution is 7.99. The summed E-state index contributed by atoms with van der Waals surface area (Å²) < 4.78 is 0. The first-order valence-corrected chi connectivity index (χ1v) is 5.74. The van der Waals surface area contributed by atoms with Crippen molar-refractivity contribution in [2.24, 2.45) is 0 Å². The number of hydrogen-bond acceptors (Lipinski definition) is 4. The van der Waals surface area contributed by atoms with Crippen LogP contribution in [0, 0.1) is 0 Å². The molecule has 0 aliphatic heterocycles. The number of thioether (sulfide) groups is 1. The molecule has 0 aromatic rings. The molecule has 0 aromatic carbocycles. The molecule has 0 aliphatic rings. The predicted octanol–water partition coefficient (Wildman–Crippen LogP) is -0.870. The fourth-order valence-electron chi connectivity index (χ4n) is 0.737. The highest BCUT2D eigenvalue weighted by atomic mass is 32.2. The third-order valence-electron chi connectivity index (χ3n) is 1.40. The van der Waals surface area contributed by atoms with E-state index < -0.39 is 0 Å². The lowest BCUT2D eigenvalue weighted by Crippen LogP contribution is -2.26. The van der Waals surface area contributed by atoms with Gasteiger partial charge in [0.2, 0.25) is 12.3 Å². The van der Waals surface area contributed by atoms with E-state index in [1.807, 2.05) is 0 Å². The first-order valence-electron chi connectivity index (χ1n) is 4.58. The van der Waals surface area contributed by atoms with Crippen LogP contribution in [0.1, 0.15) is 0 Å². The van der Waals surface area contributed by atoms with Crippen molar-refractivity contribution in [3.8, 4) is 0 Å². The minimum atomic E-state index is -0.0475. The number of aliphatic hydroxyl groups is 1. The molecule has 5 nitrogen and oxygen atoms in total. The van der Waals surface area contributed by atoms with E-state index in [9.17, 15) is 9.59 Å². The maximum Gasteiger partial charge on any atom is 0.230 e. The van der Waals surface area contributed by atoms with E-state index in [1.54, 1.807) is 12.2 Å². The maximum absolute atomic E-state index is 11.1. The summed E-state index contributed by atoms with van der Waals surface area (Å²) in [5.74, 6) is 1.06. The number of nitrogens with one attached hydrogen (secondary N) is 2. The fourth-order valence-corrected chi connectivity index (χ4v) is 1.43. The molecule has 0 aliphatic carbocycles. The van der Waals surface area contributed by atoms with Gasteiger partial charge in [-0.3, -0.25) is 9.59 Å². The summed E-state index contributed by atoms with van der Waals surface area (Å²) in [6.07, 6.45) is 3.90.